The Morgan fingerprint density at radius 1 is 1.35 bits per heavy atom. The molecule has 2 heterocycles. The lowest BCUT2D eigenvalue weighted by atomic mass is 9.97. The maximum absolute atomic E-state index is 13.1. The van der Waals surface area contributed by atoms with Gasteiger partial charge in [-0.3, -0.25) is 4.98 Å². The standard InChI is InChI=1S/C15H15FN4/c1-10-6-12(16)3-2-11(10)7-14(17)13-8-19-20-5-4-18-9-15(13)20/h2-6,8-9,14H,7,17H2,1H3. The maximum Gasteiger partial charge on any atom is 0.123 e. The van der Waals surface area contributed by atoms with E-state index in [2.05, 4.69) is 10.1 Å². The summed E-state index contributed by atoms with van der Waals surface area (Å²) in [6.07, 6.45) is 7.62. The first-order valence-electron chi connectivity index (χ1n) is 6.43. The number of hydrogen-bond donors (Lipinski definition) is 1. The Morgan fingerprint density at radius 3 is 3.00 bits per heavy atom. The zero-order valence-corrected chi connectivity index (χ0v) is 11.1. The van der Waals surface area contributed by atoms with Crippen LogP contribution in [0.15, 0.2) is 43.0 Å². The van der Waals surface area contributed by atoms with E-state index in [-0.39, 0.29) is 11.9 Å². The molecule has 0 saturated carbocycles. The Morgan fingerprint density at radius 2 is 2.20 bits per heavy atom. The number of rotatable bonds is 3. The first kappa shape index (κ1) is 12.7. The average Bonchev–Trinajstić information content (AvgIpc) is 2.86. The third kappa shape index (κ3) is 2.28. The number of nitrogens with zero attached hydrogens (tertiary/aromatic N) is 3. The zero-order valence-electron chi connectivity index (χ0n) is 11.1. The predicted octanol–water partition coefficient (Wildman–Crippen LogP) is 2.42. The van der Waals surface area contributed by atoms with Crippen LogP contribution in [-0.2, 0) is 6.42 Å². The summed E-state index contributed by atoms with van der Waals surface area (Å²) in [6.45, 7) is 1.89. The smallest absolute Gasteiger partial charge is 0.123 e. The van der Waals surface area contributed by atoms with E-state index < -0.39 is 0 Å². The number of halogens is 1. The van der Waals surface area contributed by atoms with Crippen molar-refractivity contribution < 1.29 is 4.39 Å². The topological polar surface area (TPSA) is 56.2 Å². The van der Waals surface area contributed by atoms with E-state index in [0.717, 1.165) is 22.2 Å². The molecule has 0 radical (unpaired) electrons. The summed E-state index contributed by atoms with van der Waals surface area (Å²) < 4.78 is 14.9. The number of fused-ring (bicyclic) bond motifs is 1. The molecule has 1 unspecified atom stereocenters. The molecule has 0 saturated heterocycles. The highest BCUT2D eigenvalue weighted by atomic mass is 19.1. The molecule has 1 aromatic carbocycles. The Hall–Kier alpha value is -2.27. The van der Waals surface area contributed by atoms with Gasteiger partial charge in [-0.2, -0.15) is 5.10 Å². The van der Waals surface area contributed by atoms with Crippen LogP contribution in [0.1, 0.15) is 22.7 Å². The normalized spacial score (nSPS) is 12.8. The third-order valence-corrected chi connectivity index (χ3v) is 3.50. The molecule has 0 aliphatic rings. The summed E-state index contributed by atoms with van der Waals surface area (Å²) in [5.41, 5.74) is 10.1. The summed E-state index contributed by atoms with van der Waals surface area (Å²) >= 11 is 0. The molecular formula is C15H15FN4. The lowest BCUT2D eigenvalue weighted by molar-refractivity contribution is 0.624. The van der Waals surface area contributed by atoms with Gasteiger partial charge in [0.05, 0.1) is 17.9 Å². The summed E-state index contributed by atoms with van der Waals surface area (Å²) in [5, 5.41) is 4.25. The second-order valence-corrected chi connectivity index (χ2v) is 4.89. The van der Waals surface area contributed by atoms with Crippen LogP contribution in [0.2, 0.25) is 0 Å². The first-order valence-corrected chi connectivity index (χ1v) is 6.43. The van der Waals surface area contributed by atoms with Crippen molar-refractivity contribution in [2.75, 3.05) is 0 Å². The Kier molecular flexibility index (Phi) is 3.20. The molecule has 0 fully saturated rings. The molecule has 20 heavy (non-hydrogen) atoms. The maximum atomic E-state index is 13.1. The van der Waals surface area contributed by atoms with Gasteiger partial charge in [-0.05, 0) is 36.6 Å². The van der Waals surface area contributed by atoms with Crippen molar-refractivity contribution in [1.82, 2.24) is 14.6 Å². The number of aromatic nitrogens is 3. The first-order chi connectivity index (χ1) is 9.65. The van der Waals surface area contributed by atoms with Gasteiger partial charge < -0.3 is 5.73 Å². The fraction of sp³-hybridized carbons (Fsp3) is 0.200. The van der Waals surface area contributed by atoms with Crippen LogP contribution in [0.25, 0.3) is 5.52 Å². The third-order valence-electron chi connectivity index (χ3n) is 3.50. The van der Waals surface area contributed by atoms with Gasteiger partial charge in [0.25, 0.3) is 0 Å². The van der Waals surface area contributed by atoms with Crippen LogP contribution >= 0.6 is 0 Å². The summed E-state index contributed by atoms with van der Waals surface area (Å²) in [5.74, 6) is -0.222. The minimum Gasteiger partial charge on any atom is -0.324 e. The molecular weight excluding hydrogens is 255 g/mol. The van der Waals surface area contributed by atoms with E-state index in [1.165, 1.54) is 12.1 Å². The SMILES string of the molecule is Cc1cc(F)ccc1CC(N)c1cnn2ccncc12. The van der Waals surface area contributed by atoms with E-state index in [0.29, 0.717) is 6.42 Å². The molecule has 0 spiro atoms. The van der Waals surface area contributed by atoms with Gasteiger partial charge in [-0.25, -0.2) is 8.91 Å². The van der Waals surface area contributed by atoms with E-state index in [1.54, 1.807) is 35.4 Å². The van der Waals surface area contributed by atoms with Crippen LogP contribution in [0, 0.1) is 12.7 Å². The van der Waals surface area contributed by atoms with Gasteiger partial charge in [0.15, 0.2) is 0 Å². The van der Waals surface area contributed by atoms with Crippen LogP contribution in [0.5, 0.6) is 0 Å². The van der Waals surface area contributed by atoms with Crippen molar-refractivity contribution in [2.45, 2.75) is 19.4 Å². The monoisotopic (exact) mass is 270 g/mol. The van der Waals surface area contributed by atoms with Crippen molar-refractivity contribution >= 4 is 5.52 Å². The highest BCUT2D eigenvalue weighted by Crippen LogP contribution is 2.22. The summed E-state index contributed by atoms with van der Waals surface area (Å²) in [7, 11) is 0. The minimum atomic E-state index is -0.222. The molecule has 0 aliphatic heterocycles. The van der Waals surface area contributed by atoms with E-state index in [9.17, 15) is 4.39 Å². The minimum absolute atomic E-state index is 0.194. The highest BCUT2D eigenvalue weighted by molar-refractivity contribution is 5.53. The molecule has 1 atom stereocenters. The molecule has 3 rings (SSSR count). The zero-order chi connectivity index (χ0) is 14.1. The van der Waals surface area contributed by atoms with Gasteiger partial charge in [-0.15, -0.1) is 0 Å². The summed E-state index contributed by atoms with van der Waals surface area (Å²) in [6, 6.07) is 4.59. The highest BCUT2D eigenvalue weighted by Gasteiger charge is 2.14. The van der Waals surface area contributed by atoms with Crippen molar-refractivity contribution in [3.8, 4) is 0 Å². The quantitative estimate of drug-likeness (QED) is 0.795. The molecule has 5 heteroatoms. The molecule has 3 aromatic rings. The molecule has 4 nitrogen and oxygen atoms in total. The lowest BCUT2D eigenvalue weighted by Crippen LogP contribution is -2.14. The van der Waals surface area contributed by atoms with Crippen molar-refractivity contribution in [3.63, 3.8) is 0 Å². The van der Waals surface area contributed by atoms with E-state index in [1.807, 2.05) is 6.92 Å². The molecule has 0 aliphatic carbocycles. The second-order valence-electron chi connectivity index (χ2n) is 4.89. The fourth-order valence-corrected chi connectivity index (χ4v) is 2.37. The Balaban J connectivity index is 1.91. The fourth-order valence-electron chi connectivity index (χ4n) is 2.37. The van der Waals surface area contributed by atoms with E-state index in [4.69, 9.17) is 5.73 Å². The van der Waals surface area contributed by atoms with Crippen LogP contribution in [-0.4, -0.2) is 14.6 Å². The predicted molar refractivity (Wildman–Crippen MR) is 74.8 cm³/mol. The van der Waals surface area contributed by atoms with Gasteiger partial charge in [0.2, 0.25) is 0 Å². The number of nitrogens with two attached hydrogens (primary N) is 1. The van der Waals surface area contributed by atoms with Gasteiger partial charge >= 0.3 is 0 Å². The average molecular weight is 270 g/mol. The molecule has 2 aromatic heterocycles. The Labute approximate surface area is 116 Å². The molecule has 0 amide bonds. The largest absolute Gasteiger partial charge is 0.324 e. The summed E-state index contributed by atoms with van der Waals surface area (Å²) in [4.78, 5) is 4.10. The molecule has 2 N–H and O–H groups in total. The van der Waals surface area contributed by atoms with Gasteiger partial charge in [0.1, 0.15) is 5.82 Å². The van der Waals surface area contributed by atoms with Gasteiger partial charge in [0, 0.05) is 24.0 Å². The van der Waals surface area contributed by atoms with Crippen LogP contribution in [0.3, 0.4) is 0 Å². The van der Waals surface area contributed by atoms with Gasteiger partial charge in [-0.1, -0.05) is 6.07 Å². The Bertz CT molecular complexity index is 750. The second kappa shape index (κ2) is 5.02. The van der Waals surface area contributed by atoms with Crippen molar-refractivity contribution in [1.29, 1.82) is 0 Å². The molecule has 0 bridgehead atoms. The number of aryl methyl sites for hydroxylation is 1. The number of hydrogen-bond acceptors (Lipinski definition) is 3. The molecule has 102 valence electrons. The number of benzene rings is 1. The van der Waals surface area contributed by atoms with Crippen molar-refractivity contribution in [2.24, 2.45) is 5.73 Å². The van der Waals surface area contributed by atoms with Crippen LogP contribution < -0.4 is 5.73 Å². The lowest BCUT2D eigenvalue weighted by Gasteiger charge is -2.12. The van der Waals surface area contributed by atoms with Crippen molar-refractivity contribution in [3.05, 3.63) is 65.5 Å². The van der Waals surface area contributed by atoms with Crippen LogP contribution in [0.4, 0.5) is 4.39 Å². The van der Waals surface area contributed by atoms with E-state index >= 15 is 0 Å².